The predicted octanol–water partition coefficient (Wildman–Crippen LogP) is 3.55. The highest BCUT2D eigenvalue weighted by atomic mass is 79.9. The number of halogens is 2. The second-order valence-electron chi connectivity index (χ2n) is 7.49. The number of rotatable bonds is 4. The summed E-state index contributed by atoms with van der Waals surface area (Å²) in [5.41, 5.74) is 6.37. The van der Waals surface area contributed by atoms with Crippen LogP contribution in [-0.4, -0.2) is 46.6 Å². The van der Waals surface area contributed by atoms with Crippen molar-refractivity contribution < 1.29 is 19.0 Å². The average Bonchev–Trinajstić information content (AvgIpc) is 2.88. The van der Waals surface area contributed by atoms with Crippen LogP contribution in [0.4, 0.5) is 9.18 Å². The number of alkyl halides is 1. The maximum atomic E-state index is 13.9. The van der Waals surface area contributed by atoms with Crippen LogP contribution >= 0.6 is 15.9 Å². The molecule has 4 atom stereocenters. The number of aliphatic hydroxyl groups excluding tert-OH is 1. The predicted molar refractivity (Wildman–Crippen MR) is 97.9 cm³/mol. The van der Waals surface area contributed by atoms with Crippen molar-refractivity contribution in [2.24, 2.45) is 5.73 Å². The van der Waals surface area contributed by atoms with Crippen molar-refractivity contribution in [3.8, 4) is 0 Å². The minimum atomic E-state index is -1.17. The van der Waals surface area contributed by atoms with E-state index >= 15 is 0 Å². The molecule has 0 aromatic heterocycles. The molecule has 140 valence electrons. The second kappa shape index (κ2) is 8.01. The number of nitrogens with zero attached hydrogens (tertiary/aromatic N) is 1. The Bertz CT molecular complexity index is 591. The third kappa shape index (κ3) is 5.66. The zero-order valence-electron chi connectivity index (χ0n) is 14.8. The largest absolute Gasteiger partial charge is 0.444 e. The lowest BCUT2D eigenvalue weighted by molar-refractivity contribution is 0.00261. The van der Waals surface area contributed by atoms with Gasteiger partial charge in [0.15, 0.2) is 0 Å². The maximum absolute atomic E-state index is 13.9. The quantitative estimate of drug-likeness (QED) is 0.786. The van der Waals surface area contributed by atoms with E-state index in [1.807, 2.05) is 24.3 Å². The van der Waals surface area contributed by atoms with Crippen molar-refractivity contribution >= 4 is 22.0 Å². The molecule has 0 radical (unpaired) electrons. The highest BCUT2D eigenvalue weighted by Crippen LogP contribution is 2.29. The molecule has 2 rings (SSSR count). The molecule has 1 aromatic rings. The zero-order chi connectivity index (χ0) is 18.8. The van der Waals surface area contributed by atoms with Crippen molar-refractivity contribution in [2.75, 3.05) is 6.54 Å². The monoisotopic (exact) mass is 416 g/mol. The summed E-state index contributed by atoms with van der Waals surface area (Å²) in [7, 11) is 0. The van der Waals surface area contributed by atoms with Gasteiger partial charge in [0.1, 0.15) is 11.8 Å². The van der Waals surface area contributed by atoms with Crippen LogP contribution in [0.15, 0.2) is 28.7 Å². The SMILES string of the molecule is CC(C)(C)OC(=O)N1C[C@H](F)C[C@H]1C(O)CC(N)c1ccc(Br)cc1. The number of hydrogen-bond acceptors (Lipinski definition) is 4. The molecule has 3 N–H and O–H groups in total. The number of carbonyl (C=O) groups is 1. The molecule has 1 aliphatic heterocycles. The van der Waals surface area contributed by atoms with Crippen molar-refractivity contribution in [1.29, 1.82) is 0 Å². The number of likely N-dealkylation sites (tertiary alicyclic amines) is 1. The summed E-state index contributed by atoms with van der Waals surface area (Å²) in [5.74, 6) is 0. The van der Waals surface area contributed by atoms with Gasteiger partial charge in [-0.3, -0.25) is 4.90 Å². The number of carbonyl (C=O) groups excluding carboxylic acids is 1. The fraction of sp³-hybridized carbons (Fsp3) is 0.611. The summed E-state index contributed by atoms with van der Waals surface area (Å²) < 4.78 is 20.2. The summed E-state index contributed by atoms with van der Waals surface area (Å²) in [6, 6.07) is 6.47. The van der Waals surface area contributed by atoms with Crippen molar-refractivity contribution in [3.63, 3.8) is 0 Å². The van der Waals surface area contributed by atoms with E-state index in [1.54, 1.807) is 20.8 Å². The normalized spacial score (nSPS) is 23.4. The summed E-state index contributed by atoms with van der Waals surface area (Å²) in [4.78, 5) is 13.6. The lowest BCUT2D eigenvalue weighted by Gasteiger charge is -2.31. The van der Waals surface area contributed by atoms with Crippen LogP contribution < -0.4 is 5.73 Å². The first kappa shape index (κ1) is 20.1. The molecule has 7 heteroatoms. The van der Waals surface area contributed by atoms with Gasteiger partial charge in [-0.1, -0.05) is 28.1 Å². The summed E-state index contributed by atoms with van der Waals surface area (Å²) in [6.07, 6.45) is -2.37. The van der Waals surface area contributed by atoms with Crippen LogP contribution in [0.1, 0.15) is 45.2 Å². The number of amides is 1. The molecule has 0 spiro atoms. The van der Waals surface area contributed by atoms with Crippen molar-refractivity contribution in [1.82, 2.24) is 4.90 Å². The van der Waals surface area contributed by atoms with Gasteiger partial charge in [0, 0.05) is 16.9 Å². The molecule has 1 heterocycles. The number of benzene rings is 1. The topological polar surface area (TPSA) is 75.8 Å². The first-order chi connectivity index (χ1) is 11.6. The number of hydrogen-bond donors (Lipinski definition) is 2. The van der Waals surface area contributed by atoms with Gasteiger partial charge < -0.3 is 15.6 Å². The van der Waals surface area contributed by atoms with Gasteiger partial charge in [-0.05, 0) is 44.9 Å². The Labute approximate surface area is 156 Å². The third-order valence-electron chi connectivity index (χ3n) is 4.16. The maximum Gasteiger partial charge on any atom is 0.410 e. The first-order valence-electron chi connectivity index (χ1n) is 8.39. The van der Waals surface area contributed by atoms with E-state index in [2.05, 4.69) is 15.9 Å². The van der Waals surface area contributed by atoms with Crippen LogP contribution in [-0.2, 0) is 4.74 Å². The Kier molecular flexibility index (Phi) is 6.45. The Balaban J connectivity index is 2.03. The van der Waals surface area contributed by atoms with Gasteiger partial charge in [-0.2, -0.15) is 0 Å². The molecule has 1 fully saturated rings. The van der Waals surface area contributed by atoms with E-state index in [0.717, 1.165) is 10.0 Å². The van der Waals surface area contributed by atoms with E-state index in [1.165, 1.54) is 4.90 Å². The van der Waals surface area contributed by atoms with E-state index in [0.29, 0.717) is 0 Å². The minimum absolute atomic E-state index is 0.0653. The van der Waals surface area contributed by atoms with Crippen LogP contribution in [0.3, 0.4) is 0 Å². The molecular formula is C18H26BrFN2O3. The number of ether oxygens (including phenoxy) is 1. The molecule has 5 nitrogen and oxygen atoms in total. The second-order valence-corrected chi connectivity index (χ2v) is 8.41. The fourth-order valence-corrected chi connectivity index (χ4v) is 3.24. The van der Waals surface area contributed by atoms with Crippen molar-refractivity contribution in [2.45, 2.75) is 63.6 Å². The van der Waals surface area contributed by atoms with Crippen LogP contribution in [0.5, 0.6) is 0 Å². The standard InChI is InChI=1S/C18H26BrFN2O3/c1-18(2,3)25-17(24)22-10-13(20)8-15(22)16(23)9-14(21)11-4-6-12(19)7-5-11/h4-7,13-16,23H,8-10,21H2,1-3H3/t13-,14?,15+,16?/m1/s1. The lowest BCUT2D eigenvalue weighted by atomic mass is 9.96. The molecule has 0 bridgehead atoms. The van der Waals surface area contributed by atoms with E-state index in [4.69, 9.17) is 10.5 Å². The van der Waals surface area contributed by atoms with Gasteiger partial charge in [0.05, 0.1) is 18.7 Å². The van der Waals surface area contributed by atoms with Crippen LogP contribution in [0.2, 0.25) is 0 Å². The molecule has 1 amide bonds. The fourth-order valence-electron chi connectivity index (χ4n) is 2.97. The summed E-state index contributed by atoms with van der Waals surface area (Å²) >= 11 is 3.36. The van der Waals surface area contributed by atoms with E-state index < -0.39 is 36.1 Å². The lowest BCUT2D eigenvalue weighted by Crippen LogP contribution is -2.45. The molecule has 1 aromatic carbocycles. The highest BCUT2D eigenvalue weighted by molar-refractivity contribution is 9.10. The van der Waals surface area contributed by atoms with Crippen molar-refractivity contribution in [3.05, 3.63) is 34.3 Å². The van der Waals surface area contributed by atoms with Crippen LogP contribution in [0, 0.1) is 0 Å². The first-order valence-corrected chi connectivity index (χ1v) is 9.19. The molecule has 1 aliphatic rings. The van der Waals surface area contributed by atoms with Gasteiger partial charge in [-0.15, -0.1) is 0 Å². The van der Waals surface area contributed by atoms with Gasteiger partial charge in [-0.25, -0.2) is 9.18 Å². The van der Waals surface area contributed by atoms with Gasteiger partial charge >= 0.3 is 6.09 Å². The molecule has 0 aliphatic carbocycles. The zero-order valence-corrected chi connectivity index (χ0v) is 16.4. The summed E-state index contributed by atoms with van der Waals surface area (Å²) in [5, 5.41) is 10.6. The molecule has 0 saturated carbocycles. The Morgan fingerprint density at radius 1 is 1.44 bits per heavy atom. The molecule has 1 saturated heterocycles. The smallest absolute Gasteiger partial charge is 0.410 e. The average molecular weight is 417 g/mol. The van der Waals surface area contributed by atoms with Crippen LogP contribution in [0.25, 0.3) is 0 Å². The van der Waals surface area contributed by atoms with E-state index in [9.17, 15) is 14.3 Å². The number of aliphatic hydroxyl groups is 1. The Morgan fingerprint density at radius 3 is 2.60 bits per heavy atom. The van der Waals surface area contributed by atoms with Gasteiger partial charge in [0.25, 0.3) is 0 Å². The third-order valence-corrected chi connectivity index (χ3v) is 4.69. The summed E-state index contributed by atoms with van der Waals surface area (Å²) in [6.45, 7) is 5.19. The van der Waals surface area contributed by atoms with Gasteiger partial charge in [0.2, 0.25) is 0 Å². The highest BCUT2D eigenvalue weighted by Gasteiger charge is 2.41. The Morgan fingerprint density at radius 2 is 2.04 bits per heavy atom. The molecule has 25 heavy (non-hydrogen) atoms. The molecular weight excluding hydrogens is 391 g/mol. The van der Waals surface area contributed by atoms with E-state index in [-0.39, 0.29) is 19.4 Å². The number of nitrogens with two attached hydrogens (primary N) is 1. The Hall–Kier alpha value is -1.18. The minimum Gasteiger partial charge on any atom is -0.444 e. The molecule has 2 unspecified atom stereocenters.